The first-order valence-corrected chi connectivity index (χ1v) is 8.09. The van der Waals surface area contributed by atoms with Crippen molar-refractivity contribution < 1.29 is 14.0 Å². The normalized spacial score (nSPS) is 16.5. The summed E-state index contributed by atoms with van der Waals surface area (Å²) in [4.78, 5) is 4.47. The number of methoxy groups -OCH3 is 1. The molecule has 0 radical (unpaired) electrons. The van der Waals surface area contributed by atoms with Gasteiger partial charge in [0, 0.05) is 5.56 Å². The van der Waals surface area contributed by atoms with Crippen LogP contribution in [0, 0.1) is 0 Å². The van der Waals surface area contributed by atoms with Crippen molar-refractivity contribution in [3.05, 3.63) is 23.0 Å². The second-order valence-electron chi connectivity index (χ2n) is 5.71. The summed E-state index contributed by atoms with van der Waals surface area (Å²) in [5.74, 6) is 1.96. The number of benzene rings is 1. The summed E-state index contributed by atoms with van der Waals surface area (Å²) < 4.78 is 16.2. The highest BCUT2D eigenvalue weighted by molar-refractivity contribution is 6.32. The quantitative estimate of drug-likeness (QED) is 0.898. The van der Waals surface area contributed by atoms with Gasteiger partial charge in [0.15, 0.2) is 17.3 Å². The van der Waals surface area contributed by atoms with Crippen molar-refractivity contribution in [1.82, 2.24) is 10.1 Å². The van der Waals surface area contributed by atoms with Crippen LogP contribution in [0.25, 0.3) is 11.5 Å². The monoisotopic (exact) mass is 337 g/mol. The van der Waals surface area contributed by atoms with Gasteiger partial charge in [0.1, 0.15) is 0 Å². The van der Waals surface area contributed by atoms with Gasteiger partial charge in [0.05, 0.1) is 24.3 Å². The van der Waals surface area contributed by atoms with E-state index >= 15 is 0 Å². The molecule has 23 heavy (non-hydrogen) atoms. The molecule has 0 aliphatic heterocycles. The summed E-state index contributed by atoms with van der Waals surface area (Å²) in [5, 5.41) is 4.50. The van der Waals surface area contributed by atoms with Gasteiger partial charge in [0.2, 0.25) is 0 Å². The number of ether oxygens (including phenoxy) is 2. The molecule has 0 amide bonds. The fourth-order valence-electron chi connectivity index (χ4n) is 2.90. The summed E-state index contributed by atoms with van der Waals surface area (Å²) >= 11 is 6.28. The van der Waals surface area contributed by atoms with E-state index in [2.05, 4.69) is 10.1 Å². The zero-order chi connectivity index (χ0) is 16.4. The Morgan fingerprint density at radius 1 is 1.35 bits per heavy atom. The number of hydrogen-bond donors (Lipinski definition) is 1. The van der Waals surface area contributed by atoms with Crippen molar-refractivity contribution in [2.45, 2.75) is 38.1 Å². The van der Waals surface area contributed by atoms with Crippen LogP contribution in [0.15, 0.2) is 16.7 Å². The van der Waals surface area contributed by atoms with Gasteiger partial charge in [-0.05, 0) is 31.9 Å². The first-order valence-electron chi connectivity index (χ1n) is 7.71. The number of halogens is 1. The predicted molar refractivity (Wildman–Crippen MR) is 86.8 cm³/mol. The van der Waals surface area contributed by atoms with Gasteiger partial charge in [-0.3, -0.25) is 0 Å². The number of aromatic nitrogens is 2. The van der Waals surface area contributed by atoms with Crippen LogP contribution in [0.5, 0.6) is 11.5 Å². The maximum absolute atomic E-state index is 6.37. The van der Waals surface area contributed by atoms with E-state index in [1.165, 1.54) is 0 Å². The molecule has 1 saturated carbocycles. The second-order valence-corrected chi connectivity index (χ2v) is 6.12. The van der Waals surface area contributed by atoms with Crippen molar-refractivity contribution in [3.8, 4) is 23.0 Å². The molecule has 0 atom stereocenters. The molecule has 0 bridgehead atoms. The molecule has 1 aliphatic carbocycles. The van der Waals surface area contributed by atoms with Gasteiger partial charge in [-0.25, -0.2) is 0 Å². The fraction of sp³-hybridized carbons (Fsp3) is 0.500. The van der Waals surface area contributed by atoms with Gasteiger partial charge in [-0.1, -0.05) is 29.6 Å². The number of rotatable bonds is 5. The lowest BCUT2D eigenvalue weighted by atomic mass is 9.99. The molecule has 3 rings (SSSR count). The van der Waals surface area contributed by atoms with Crippen LogP contribution in [0.3, 0.4) is 0 Å². The minimum absolute atomic E-state index is 0.375. The number of nitrogens with zero attached hydrogens (tertiary/aromatic N) is 2. The predicted octanol–water partition coefficient (Wildman–Crippen LogP) is 3.53. The minimum atomic E-state index is -0.485. The highest BCUT2D eigenvalue weighted by atomic mass is 35.5. The van der Waals surface area contributed by atoms with Crippen LogP contribution >= 0.6 is 11.6 Å². The average molecular weight is 338 g/mol. The van der Waals surface area contributed by atoms with Crippen molar-refractivity contribution in [2.24, 2.45) is 5.73 Å². The molecule has 0 unspecified atom stereocenters. The van der Waals surface area contributed by atoms with E-state index in [-0.39, 0.29) is 0 Å². The number of hydrogen-bond acceptors (Lipinski definition) is 6. The van der Waals surface area contributed by atoms with E-state index < -0.39 is 5.54 Å². The summed E-state index contributed by atoms with van der Waals surface area (Å²) in [5.41, 5.74) is 6.56. The van der Waals surface area contributed by atoms with Gasteiger partial charge < -0.3 is 19.7 Å². The average Bonchev–Trinajstić information content (AvgIpc) is 3.19. The molecule has 1 fully saturated rings. The Morgan fingerprint density at radius 2 is 2.09 bits per heavy atom. The zero-order valence-corrected chi connectivity index (χ0v) is 14.0. The third-order valence-corrected chi connectivity index (χ3v) is 4.41. The molecule has 1 aliphatic rings. The smallest absolute Gasteiger partial charge is 0.258 e. The molecule has 1 heterocycles. The van der Waals surface area contributed by atoms with Crippen molar-refractivity contribution >= 4 is 11.6 Å². The fourth-order valence-corrected chi connectivity index (χ4v) is 3.17. The Morgan fingerprint density at radius 3 is 2.74 bits per heavy atom. The standard InChI is InChI=1S/C16H20ClN3O3/c1-3-22-13-11(17)8-10(9-12(13)21-2)14-19-15(20-23-14)16(18)6-4-5-7-16/h8-9H,3-7,18H2,1-2H3. The molecule has 2 aromatic rings. The molecule has 1 aromatic carbocycles. The molecule has 6 nitrogen and oxygen atoms in total. The van der Waals surface area contributed by atoms with E-state index in [4.69, 9.17) is 31.3 Å². The lowest BCUT2D eigenvalue weighted by Crippen LogP contribution is -2.34. The Labute approximate surface area is 139 Å². The molecule has 1 aromatic heterocycles. The SMILES string of the molecule is CCOc1c(Cl)cc(-c2nc(C3(N)CCCC3)no2)cc1OC. The van der Waals surface area contributed by atoms with Crippen LogP contribution in [0.2, 0.25) is 5.02 Å². The summed E-state index contributed by atoms with van der Waals surface area (Å²) in [7, 11) is 1.56. The molecule has 2 N–H and O–H groups in total. The van der Waals surface area contributed by atoms with E-state index in [1.807, 2.05) is 6.92 Å². The molecular weight excluding hydrogens is 318 g/mol. The highest BCUT2D eigenvalue weighted by Gasteiger charge is 2.36. The summed E-state index contributed by atoms with van der Waals surface area (Å²) in [6.07, 6.45) is 3.92. The summed E-state index contributed by atoms with van der Waals surface area (Å²) in [6.45, 7) is 2.38. The van der Waals surface area contributed by atoms with Gasteiger partial charge in [-0.2, -0.15) is 4.98 Å². The Kier molecular flexibility index (Phi) is 4.46. The van der Waals surface area contributed by atoms with Gasteiger partial charge >= 0.3 is 0 Å². The lowest BCUT2D eigenvalue weighted by Gasteiger charge is -2.17. The van der Waals surface area contributed by atoms with Gasteiger partial charge in [0.25, 0.3) is 5.89 Å². The third kappa shape index (κ3) is 3.01. The largest absolute Gasteiger partial charge is 0.493 e. The minimum Gasteiger partial charge on any atom is -0.493 e. The Balaban J connectivity index is 1.96. The van der Waals surface area contributed by atoms with E-state index in [0.29, 0.717) is 40.4 Å². The van der Waals surface area contributed by atoms with E-state index in [0.717, 1.165) is 25.7 Å². The van der Waals surface area contributed by atoms with E-state index in [9.17, 15) is 0 Å². The first-order chi connectivity index (χ1) is 11.1. The number of nitrogens with two attached hydrogens (primary N) is 1. The van der Waals surface area contributed by atoms with Crippen LogP contribution in [-0.4, -0.2) is 23.9 Å². The second kappa shape index (κ2) is 6.37. The van der Waals surface area contributed by atoms with Crippen LogP contribution in [0.4, 0.5) is 0 Å². The maximum Gasteiger partial charge on any atom is 0.258 e. The topological polar surface area (TPSA) is 83.4 Å². The highest BCUT2D eigenvalue weighted by Crippen LogP contribution is 2.40. The lowest BCUT2D eigenvalue weighted by molar-refractivity contribution is 0.311. The van der Waals surface area contributed by atoms with E-state index in [1.54, 1.807) is 19.2 Å². The molecule has 124 valence electrons. The third-order valence-electron chi connectivity index (χ3n) is 4.13. The molecule has 0 spiro atoms. The van der Waals surface area contributed by atoms with Crippen molar-refractivity contribution in [1.29, 1.82) is 0 Å². The van der Waals surface area contributed by atoms with Crippen molar-refractivity contribution in [2.75, 3.05) is 13.7 Å². The molecule has 7 heteroatoms. The van der Waals surface area contributed by atoms with Crippen LogP contribution in [0.1, 0.15) is 38.4 Å². The van der Waals surface area contributed by atoms with Crippen LogP contribution < -0.4 is 15.2 Å². The Hall–Kier alpha value is -1.79. The summed E-state index contributed by atoms with van der Waals surface area (Å²) in [6, 6.07) is 3.50. The van der Waals surface area contributed by atoms with Crippen LogP contribution in [-0.2, 0) is 5.54 Å². The van der Waals surface area contributed by atoms with Crippen molar-refractivity contribution in [3.63, 3.8) is 0 Å². The zero-order valence-electron chi connectivity index (χ0n) is 13.3. The molecular formula is C16H20ClN3O3. The first kappa shape index (κ1) is 16.1. The maximum atomic E-state index is 6.37. The van der Waals surface area contributed by atoms with Gasteiger partial charge in [-0.15, -0.1) is 0 Å². The Bertz CT molecular complexity index is 696. The molecule has 0 saturated heterocycles.